The summed E-state index contributed by atoms with van der Waals surface area (Å²) in [5.41, 5.74) is 7.97. The SMILES string of the molecule is CC(C)C1=C(C(C=NCCc2ccccc2)=CN)NC2(C)C(C#N)C=NN2C1=O. The fourth-order valence-corrected chi connectivity index (χ4v) is 3.58. The average molecular weight is 390 g/mol. The first-order valence-electron chi connectivity index (χ1n) is 9.69. The number of carbonyl (C=O) groups excluding carboxylic acids is 1. The molecule has 0 spiro atoms. The summed E-state index contributed by atoms with van der Waals surface area (Å²) in [6, 6.07) is 12.3. The van der Waals surface area contributed by atoms with E-state index in [2.05, 4.69) is 33.6 Å². The highest BCUT2D eigenvalue weighted by Crippen LogP contribution is 2.37. The minimum Gasteiger partial charge on any atom is -0.404 e. The monoisotopic (exact) mass is 390 g/mol. The molecule has 150 valence electrons. The van der Waals surface area contributed by atoms with Crippen LogP contribution in [0, 0.1) is 23.2 Å². The highest BCUT2D eigenvalue weighted by atomic mass is 16.2. The van der Waals surface area contributed by atoms with Gasteiger partial charge in [0.2, 0.25) is 0 Å². The summed E-state index contributed by atoms with van der Waals surface area (Å²) >= 11 is 0. The Morgan fingerprint density at radius 1 is 1.45 bits per heavy atom. The molecule has 0 radical (unpaired) electrons. The van der Waals surface area contributed by atoms with Crippen molar-refractivity contribution in [2.24, 2.45) is 27.7 Å². The third-order valence-corrected chi connectivity index (χ3v) is 5.23. The fraction of sp³-hybridized carbons (Fsp3) is 0.364. The molecule has 2 unspecified atom stereocenters. The van der Waals surface area contributed by atoms with Crippen LogP contribution >= 0.6 is 0 Å². The third-order valence-electron chi connectivity index (χ3n) is 5.23. The molecule has 1 aromatic rings. The zero-order chi connectivity index (χ0) is 21.0. The number of hydrogen-bond acceptors (Lipinski definition) is 6. The van der Waals surface area contributed by atoms with E-state index in [4.69, 9.17) is 5.73 Å². The Bertz CT molecular complexity index is 938. The third kappa shape index (κ3) is 3.79. The number of nitriles is 1. The minimum absolute atomic E-state index is 0.0569. The lowest BCUT2D eigenvalue weighted by atomic mass is 9.88. The lowest BCUT2D eigenvalue weighted by molar-refractivity contribution is -0.135. The quantitative estimate of drug-likeness (QED) is 0.727. The maximum atomic E-state index is 13.2. The Kier molecular flexibility index (Phi) is 5.83. The maximum Gasteiger partial charge on any atom is 0.274 e. The molecule has 0 bridgehead atoms. The molecule has 29 heavy (non-hydrogen) atoms. The summed E-state index contributed by atoms with van der Waals surface area (Å²) in [6.45, 7) is 6.29. The van der Waals surface area contributed by atoms with Crippen molar-refractivity contribution in [2.75, 3.05) is 6.54 Å². The van der Waals surface area contributed by atoms with Gasteiger partial charge in [0.05, 0.1) is 11.8 Å². The number of hydrazone groups is 1. The van der Waals surface area contributed by atoms with Crippen molar-refractivity contribution in [1.29, 1.82) is 5.26 Å². The molecular weight excluding hydrogens is 364 g/mol. The number of rotatable bonds is 6. The largest absolute Gasteiger partial charge is 0.404 e. The Hall–Kier alpha value is -3.40. The molecule has 1 amide bonds. The van der Waals surface area contributed by atoms with Gasteiger partial charge in [-0.2, -0.15) is 10.4 Å². The Labute approximate surface area is 171 Å². The predicted molar refractivity (Wildman–Crippen MR) is 114 cm³/mol. The minimum atomic E-state index is -0.953. The average Bonchev–Trinajstić information content (AvgIpc) is 3.05. The van der Waals surface area contributed by atoms with Crippen LogP contribution in [0.25, 0.3) is 0 Å². The Morgan fingerprint density at radius 3 is 2.79 bits per heavy atom. The fourth-order valence-electron chi connectivity index (χ4n) is 3.58. The van der Waals surface area contributed by atoms with E-state index in [1.165, 1.54) is 23.0 Å². The van der Waals surface area contributed by atoms with Gasteiger partial charge in [0.1, 0.15) is 5.92 Å². The van der Waals surface area contributed by atoms with Crippen molar-refractivity contribution in [3.05, 3.63) is 58.9 Å². The van der Waals surface area contributed by atoms with Gasteiger partial charge in [0, 0.05) is 36.3 Å². The smallest absolute Gasteiger partial charge is 0.274 e. The van der Waals surface area contributed by atoms with Crippen LogP contribution in [0.5, 0.6) is 0 Å². The molecule has 0 saturated carbocycles. The lowest BCUT2D eigenvalue weighted by Gasteiger charge is -2.43. The first kappa shape index (κ1) is 20.3. The summed E-state index contributed by atoms with van der Waals surface area (Å²) in [6.07, 6.45) is 5.45. The molecule has 2 aliphatic rings. The molecule has 3 N–H and O–H groups in total. The van der Waals surface area contributed by atoms with E-state index in [1.807, 2.05) is 32.0 Å². The predicted octanol–water partition coefficient (Wildman–Crippen LogP) is 2.34. The number of allylic oxidation sites excluding steroid dienone is 1. The normalized spacial score (nSPS) is 24.2. The number of fused-ring (bicyclic) bond motifs is 1. The summed E-state index contributed by atoms with van der Waals surface area (Å²) in [4.78, 5) is 17.7. The molecule has 7 heteroatoms. The Balaban J connectivity index is 1.87. The number of nitrogens with one attached hydrogen (secondary N) is 1. The molecule has 2 heterocycles. The summed E-state index contributed by atoms with van der Waals surface area (Å²) in [7, 11) is 0. The number of amides is 1. The Morgan fingerprint density at radius 2 is 2.17 bits per heavy atom. The molecule has 3 rings (SSSR count). The van der Waals surface area contributed by atoms with Crippen molar-refractivity contribution in [1.82, 2.24) is 10.3 Å². The van der Waals surface area contributed by atoms with Gasteiger partial charge < -0.3 is 11.1 Å². The van der Waals surface area contributed by atoms with Crippen molar-refractivity contribution in [3.63, 3.8) is 0 Å². The molecule has 1 aromatic carbocycles. The van der Waals surface area contributed by atoms with Crippen LogP contribution in [0.3, 0.4) is 0 Å². The molecule has 0 aliphatic carbocycles. The number of nitrogens with zero attached hydrogens (tertiary/aromatic N) is 4. The molecule has 0 saturated heterocycles. The highest BCUT2D eigenvalue weighted by molar-refractivity contribution is 6.01. The zero-order valence-corrected chi connectivity index (χ0v) is 17.0. The zero-order valence-electron chi connectivity index (χ0n) is 17.0. The molecule has 0 fully saturated rings. The van der Waals surface area contributed by atoms with Gasteiger partial charge in [-0.15, -0.1) is 0 Å². The van der Waals surface area contributed by atoms with Crippen molar-refractivity contribution in [3.8, 4) is 6.07 Å². The standard InChI is InChI=1S/C22H26N6O/c1-15(2)19-20(27-22(3)18(12-24)14-26-28(22)21(19)29)17(11-23)13-25-10-9-16-7-5-4-6-8-16/h4-8,11,13-15,18,27H,9-10,23H2,1-3H3. The van der Waals surface area contributed by atoms with Crippen LogP contribution in [0.4, 0.5) is 0 Å². The van der Waals surface area contributed by atoms with Crippen LogP contribution < -0.4 is 11.1 Å². The topological polar surface area (TPSA) is 107 Å². The van der Waals surface area contributed by atoms with Gasteiger partial charge in [0.25, 0.3) is 5.91 Å². The van der Waals surface area contributed by atoms with E-state index in [9.17, 15) is 10.1 Å². The van der Waals surface area contributed by atoms with Gasteiger partial charge in [-0.25, -0.2) is 5.01 Å². The van der Waals surface area contributed by atoms with E-state index < -0.39 is 11.6 Å². The summed E-state index contributed by atoms with van der Waals surface area (Å²) < 4.78 is 0. The van der Waals surface area contributed by atoms with Gasteiger partial charge in [-0.1, -0.05) is 44.2 Å². The van der Waals surface area contributed by atoms with Gasteiger partial charge in [-0.05, 0) is 24.8 Å². The number of benzene rings is 1. The molecule has 2 atom stereocenters. The molecular formula is C22H26N6O. The maximum absolute atomic E-state index is 13.2. The summed E-state index contributed by atoms with van der Waals surface area (Å²) in [5, 5.41) is 18.4. The molecule has 7 nitrogen and oxygen atoms in total. The van der Waals surface area contributed by atoms with E-state index in [0.717, 1.165) is 6.42 Å². The van der Waals surface area contributed by atoms with E-state index in [-0.39, 0.29) is 11.8 Å². The van der Waals surface area contributed by atoms with Gasteiger partial charge in [-0.3, -0.25) is 9.79 Å². The van der Waals surface area contributed by atoms with E-state index in [1.54, 1.807) is 13.1 Å². The van der Waals surface area contributed by atoms with Crippen molar-refractivity contribution in [2.45, 2.75) is 32.9 Å². The first-order valence-corrected chi connectivity index (χ1v) is 9.69. The lowest BCUT2D eigenvalue weighted by Crippen LogP contribution is -2.62. The van der Waals surface area contributed by atoms with Crippen LogP contribution in [0.2, 0.25) is 0 Å². The number of nitrogens with two attached hydrogens (primary N) is 1. The second-order valence-corrected chi connectivity index (χ2v) is 7.60. The number of hydrogen-bond donors (Lipinski definition) is 2. The summed E-state index contributed by atoms with van der Waals surface area (Å²) in [5.74, 6) is -0.843. The van der Waals surface area contributed by atoms with Crippen molar-refractivity contribution >= 4 is 18.3 Å². The second kappa shape index (κ2) is 8.31. The highest BCUT2D eigenvalue weighted by Gasteiger charge is 2.51. The van der Waals surface area contributed by atoms with E-state index >= 15 is 0 Å². The first-order chi connectivity index (χ1) is 13.9. The van der Waals surface area contributed by atoms with Gasteiger partial charge in [0.15, 0.2) is 5.66 Å². The van der Waals surface area contributed by atoms with E-state index in [0.29, 0.717) is 23.4 Å². The van der Waals surface area contributed by atoms with Gasteiger partial charge >= 0.3 is 0 Å². The van der Waals surface area contributed by atoms with Crippen LogP contribution in [0.15, 0.2) is 63.5 Å². The molecule has 0 aromatic heterocycles. The second-order valence-electron chi connectivity index (χ2n) is 7.60. The van der Waals surface area contributed by atoms with Crippen LogP contribution in [0.1, 0.15) is 26.3 Å². The van der Waals surface area contributed by atoms with Crippen LogP contribution in [-0.2, 0) is 11.2 Å². The molecule has 2 aliphatic heterocycles. The number of aliphatic imine (C=N–C) groups is 1. The number of carbonyl (C=O) groups is 1. The van der Waals surface area contributed by atoms with Crippen molar-refractivity contribution < 1.29 is 4.79 Å². The van der Waals surface area contributed by atoms with Crippen LogP contribution in [-0.4, -0.2) is 35.6 Å².